The van der Waals surface area contributed by atoms with E-state index in [-0.39, 0.29) is 16.3 Å². The van der Waals surface area contributed by atoms with Gasteiger partial charge in [0.15, 0.2) is 0 Å². The van der Waals surface area contributed by atoms with Gasteiger partial charge in [0.25, 0.3) is 10.1 Å². The van der Waals surface area contributed by atoms with E-state index >= 15 is 0 Å². The molecule has 0 saturated carbocycles. The summed E-state index contributed by atoms with van der Waals surface area (Å²) in [7, 11) is -3.01. The van der Waals surface area contributed by atoms with Crippen molar-refractivity contribution in [2.75, 3.05) is 18.2 Å². The first-order valence-electron chi connectivity index (χ1n) is 7.23. The van der Waals surface area contributed by atoms with Crippen LogP contribution in [0.2, 0.25) is 0 Å². The second-order valence-electron chi connectivity index (χ2n) is 5.40. The van der Waals surface area contributed by atoms with Gasteiger partial charge in [-0.15, -0.1) is 0 Å². The lowest BCUT2D eigenvalue weighted by atomic mass is 10.1. The fraction of sp³-hybridized carbons (Fsp3) is 0.0588. The molecule has 0 unspecified atom stereocenters. The molecule has 0 atom stereocenters. The molecule has 0 aliphatic heterocycles. The van der Waals surface area contributed by atoms with Crippen LogP contribution in [-0.2, 0) is 10.1 Å². The zero-order chi connectivity index (χ0) is 18.2. The second-order valence-corrected chi connectivity index (χ2v) is 6.79. The van der Waals surface area contributed by atoms with E-state index in [1.165, 1.54) is 31.4 Å². The molecular weight excluding hydrogens is 344 g/mol. The molecule has 25 heavy (non-hydrogen) atoms. The lowest BCUT2D eigenvalue weighted by Gasteiger charge is -2.15. The molecule has 0 aromatic heterocycles. The first-order valence-corrected chi connectivity index (χ1v) is 8.67. The Hall–Kier alpha value is -2.97. The zero-order valence-electron chi connectivity index (χ0n) is 13.2. The average molecular weight is 360 g/mol. The number of benzene rings is 3. The van der Waals surface area contributed by atoms with Crippen molar-refractivity contribution in [3.05, 3.63) is 48.5 Å². The van der Waals surface area contributed by atoms with Crippen LogP contribution in [0.15, 0.2) is 53.4 Å². The number of hydrogen-bond donors (Lipinski definition) is 4. The van der Waals surface area contributed by atoms with Gasteiger partial charge < -0.3 is 20.9 Å². The number of phenolic OH excluding ortho intramolecular Hbond substituents is 1. The highest BCUT2D eigenvalue weighted by atomic mass is 32.2. The molecule has 0 fully saturated rings. The lowest BCUT2D eigenvalue weighted by molar-refractivity contribution is 0.414. The van der Waals surface area contributed by atoms with Gasteiger partial charge in [0.1, 0.15) is 16.4 Å². The number of nitrogen functional groups attached to an aromatic ring is 1. The van der Waals surface area contributed by atoms with E-state index in [1.807, 2.05) is 0 Å². The highest BCUT2D eigenvalue weighted by molar-refractivity contribution is 7.86. The Kier molecular flexibility index (Phi) is 4.15. The summed E-state index contributed by atoms with van der Waals surface area (Å²) in [5.41, 5.74) is 6.86. The molecule has 0 radical (unpaired) electrons. The number of nitrogens with two attached hydrogens (primary N) is 1. The number of rotatable bonds is 4. The van der Waals surface area contributed by atoms with Gasteiger partial charge in [0, 0.05) is 11.5 Å². The predicted molar refractivity (Wildman–Crippen MR) is 96.1 cm³/mol. The van der Waals surface area contributed by atoms with Gasteiger partial charge in [-0.25, -0.2) is 0 Å². The van der Waals surface area contributed by atoms with Crippen molar-refractivity contribution < 1.29 is 22.8 Å². The maximum absolute atomic E-state index is 11.6. The van der Waals surface area contributed by atoms with E-state index in [9.17, 15) is 18.1 Å². The third-order valence-electron chi connectivity index (χ3n) is 3.76. The Labute approximate surface area is 144 Å². The molecule has 3 aromatic carbocycles. The molecule has 0 saturated heterocycles. The summed E-state index contributed by atoms with van der Waals surface area (Å²) >= 11 is 0. The third-order valence-corrected chi connectivity index (χ3v) is 4.67. The molecule has 0 spiro atoms. The third kappa shape index (κ3) is 3.30. The van der Waals surface area contributed by atoms with Gasteiger partial charge in [0.05, 0.1) is 24.2 Å². The smallest absolute Gasteiger partial charge is 0.296 e. The summed E-state index contributed by atoms with van der Waals surface area (Å²) in [5.74, 6) is 0.471. The SMILES string of the molecule is COc1ccc(S(=O)(=O)O)c(Nc2cc3c(O)cccc3cc2N)c1. The van der Waals surface area contributed by atoms with E-state index in [2.05, 4.69) is 5.32 Å². The fourth-order valence-electron chi connectivity index (χ4n) is 2.54. The zero-order valence-corrected chi connectivity index (χ0v) is 14.0. The van der Waals surface area contributed by atoms with Gasteiger partial charge in [-0.05, 0) is 35.7 Å². The van der Waals surface area contributed by atoms with Crippen molar-refractivity contribution in [1.82, 2.24) is 0 Å². The summed E-state index contributed by atoms with van der Waals surface area (Å²) in [4.78, 5) is -0.315. The maximum Gasteiger partial charge on any atom is 0.296 e. The molecule has 8 heteroatoms. The van der Waals surface area contributed by atoms with Crippen LogP contribution >= 0.6 is 0 Å². The summed E-state index contributed by atoms with van der Waals surface area (Å²) in [6, 6.07) is 12.4. The van der Waals surface area contributed by atoms with Crippen LogP contribution < -0.4 is 15.8 Å². The van der Waals surface area contributed by atoms with Crippen LogP contribution in [0.3, 0.4) is 0 Å². The molecule has 0 heterocycles. The predicted octanol–water partition coefficient (Wildman–Crippen LogP) is 3.13. The number of aromatic hydroxyl groups is 1. The minimum absolute atomic E-state index is 0.0706. The van der Waals surface area contributed by atoms with Crippen molar-refractivity contribution in [3.63, 3.8) is 0 Å². The van der Waals surface area contributed by atoms with Crippen molar-refractivity contribution in [1.29, 1.82) is 0 Å². The van der Waals surface area contributed by atoms with Gasteiger partial charge in [-0.3, -0.25) is 4.55 Å². The van der Waals surface area contributed by atoms with E-state index in [1.54, 1.807) is 24.3 Å². The van der Waals surface area contributed by atoms with Crippen molar-refractivity contribution >= 4 is 38.0 Å². The molecule has 7 nitrogen and oxygen atoms in total. The first-order chi connectivity index (χ1) is 11.8. The minimum Gasteiger partial charge on any atom is -0.507 e. The van der Waals surface area contributed by atoms with Crippen LogP contribution in [-0.4, -0.2) is 25.2 Å². The molecule has 0 amide bonds. The maximum atomic E-state index is 11.6. The topological polar surface area (TPSA) is 122 Å². The van der Waals surface area contributed by atoms with Crippen molar-refractivity contribution in [2.24, 2.45) is 0 Å². The highest BCUT2D eigenvalue weighted by Crippen LogP contribution is 2.35. The van der Waals surface area contributed by atoms with E-state index in [0.29, 0.717) is 22.5 Å². The van der Waals surface area contributed by atoms with Crippen LogP contribution in [0.4, 0.5) is 17.1 Å². The molecule has 0 aliphatic carbocycles. The summed E-state index contributed by atoms with van der Waals surface area (Å²) in [5, 5.41) is 14.2. The molecule has 130 valence electrons. The van der Waals surface area contributed by atoms with Gasteiger partial charge >= 0.3 is 0 Å². The molecule has 3 aromatic rings. The standard InChI is InChI=1S/C17H16N2O5S/c1-24-11-5-6-17(25(21,22)23)15(8-11)19-14-9-12-10(7-13(14)18)3-2-4-16(12)20/h2-9,19-20H,18H2,1H3,(H,21,22,23). The van der Waals surface area contributed by atoms with Crippen LogP contribution in [0.25, 0.3) is 10.8 Å². The Bertz CT molecular complexity index is 1060. The number of methoxy groups -OCH3 is 1. The van der Waals surface area contributed by atoms with E-state index in [0.717, 1.165) is 5.39 Å². The van der Waals surface area contributed by atoms with Gasteiger partial charge in [-0.1, -0.05) is 12.1 Å². The summed E-state index contributed by atoms with van der Waals surface area (Å²) < 4.78 is 37.7. The molecule has 0 bridgehead atoms. The number of hydrogen-bond acceptors (Lipinski definition) is 6. The van der Waals surface area contributed by atoms with Crippen molar-refractivity contribution in [2.45, 2.75) is 4.90 Å². The number of nitrogens with one attached hydrogen (secondary N) is 1. The Morgan fingerprint density at radius 1 is 1.08 bits per heavy atom. The Morgan fingerprint density at radius 3 is 2.52 bits per heavy atom. The Balaban J connectivity index is 2.15. The normalized spacial score (nSPS) is 11.4. The first kappa shape index (κ1) is 16.9. The monoisotopic (exact) mass is 360 g/mol. The number of fused-ring (bicyclic) bond motifs is 1. The quantitative estimate of drug-likeness (QED) is 0.416. The average Bonchev–Trinajstić information content (AvgIpc) is 2.55. The Morgan fingerprint density at radius 2 is 1.84 bits per heavy atom. The molecule has 5 N–H and O–H groups in total. The second kappa shape index (κ2) is 6.15. The lowest BCUT2D eigenvalue weighted by Crippen LogP contribution is -2.05. The number of ether oxygens (including phenoxy) is 1. The van der Waals surface area contributed by atoms with E-state index in [4.69, 9.17) is 10.5 Å². The largest absolute Gasteiger partial charge is 0.507 e. The molecular formula is C17H16N2O5S. The fourth-order valence-corrected chi connectivity index (χ4v) is 3.17. The highest BCUT2D eigenvalue weighted by Gasteiger charge is 2.17. The van der Waals surface area contributed by atoms with E-state index < -0.39 is 10.1 Å². The number of anilines is 3. The minimum atomic E-state index is -4.45. The van der Waals surface area contributed by atoms with Crippen molar-refractivity contribution in [3.8, 4) is 11.5 Å². The molecule has 3 rings (SSSR count). The summed E-state index contributed by atoms with van der Waals surface area (Å²) in [6.45, 7) is 0. The summed E-state index contributed by atoms with van der Waals surface area (Å²) in [6.07, 6.45) is 0. The van der Waals surface area contributed by atoms with Crippen LogP contribution in [0, 0.1) is 0 Å². The van der Waals surface area contributed by atoms with Gasteiger partial charge in [0.2, 0.25) is 0 Å². The van der Waals surface area contributed by atoms with Gasteiger partial charge in [-0.2, -0.15) is 8.42 Å². The van der Waals surface area contributed by atoms with Crippen LogP contribution in [0.5, 0.6) is 11.5 Å². The van der Waals surface area contributed by atoms with Crippen LogP contribution in [0.1, 0.15) is 0 Å². The number of phenols is 1. The molecule has 0 aliphatic rings.